The van der Waals surface area contributed by atoms with Crippen LogP contribution in [-0.2, 0) is 11.2 Å². The van der Waals surface area contributed by atoms with E-state index in [0.717, 1.165) is 68.4 Å². The van der Waals surface area contributed by atoms with E-state index < -0.39 is 0 Å². The summed E-state index contributed by atoms with van der Waals surface area (Å²) in [5, 5.41) is 6.84. The largest absolute Gasteiger partial charge is 0.381 e. The summed E-state index contributed by atoms with van der Waals surface area (Å²) in [6.07, 6.45) is 2.99. The van der Waals surface area contributed by atoms with Gasteiger partial charge >= 0.3 is 0 Å². The zero-order valence-electron chi connectivity index (χ0n) is 15.9. The molecule has 26 heavy (non-hydrogen) atoms. The molecule has 1 saturated heterocycles. The number of aliphatic imine (C=N–C) groups is 1. The lowest BCUT2D eigenvalue weighted by Crippen LogP contribution is -2.48. The molecular weight excluding hydrogens is 464 g/mol. The summed E-state index contributed by atoms with van der Waals surface area (Å²) < 4.78 is 18.9. The summed E-state index contributed by atoms with van der Waals surface area (Å²) in [7, 11) is 1.79. The lowest BCUT2D eigenvalue weighted by molar-refractivity contribution is 0.0782. The number of hydrogen-bond acceptors (Lipinski definition) is 3. The van der Waals surface area contributed by atoms with Gasteiger partial charge < -0.3 is 15.4 Å². The first-order valence-corrected chi connectivity index (χ1v) is 9.98. The Labute approximate surface area is 178 Å². The zero-order chi connectivity index (χ0) is 18.1. The predicted molar refractivity (Wildman–Crippen MR) is 121 cm³/mol. The van der Waals surface area contributed by atoms with Crippen LogP contribution in [0.1, 0.15) is 30.9 Å². The standard InChI is InChI=1S/C19H30FN3OS.HI/c1-4-25-19(8-11-24-12-9-19)14-23-18(21-3)22-10-7-16-5-6-17(20)13-15(16)2;/h5-6,13H,4,7-12,14H2,1-3H3,(H2,21,22,23);1H. The van der Waals surface area contributed by atoms with Gasteiger partial charge in [-0.25, -0.2) is 4.39 Å². The molecule has 0 radical (unpaired) electrons. The third kappa shape index (κ3) is 7.23. The van der Waals surface area contributed by atoms with Crippen LogP contribution in [0.4, 0.5) is 4.39 Å². The fourth-order valence-electron chi connectivity index (χ4n) is 3.14. The highest BCUT2D eigenvalue weighted by atomic mass is 127. The van der Waals surface area contributed by atoms with Crippen LogP contribution < -0.4 is 10.6 Å². The Kier molecular flexibility index (Phi) is 10.9. The second-order valence-electron chi connectivity index (χ2n) is 6.40. The molecule has 1 heterocycles. The van der Waals surface area contributed by atoms with Crippen LogP contribution in [0.2, 0.25) is 0 Å². The molecule has 1 aromatic rings. The predicted octanol–water partition coefficient (Wildman–Crippen LogP) is 3.76. The number of rotatable bonds is 7. The van der Waals surface area contributed by atoms with Gasteiger partial charge in [0, 0.05) is 38.1 Å². The highest BCUT2D eigenvalue weighted by molar-refractivity contribution is 14.0. The molecule has 7 heteroatoms. The smallest absolute Gasteiger partial charge is 0.191 e. The van der Waals surface area contributed by atoms with E-state index in [1.165, 1.54) is 6.07 Å². The van der Waals surface area contributed by atoms with Gasteiger partial charge in [-0.05, 0) is 55.2 Å². The molecule has 148 valence electrons. The van der Waals surface area contributed by atoms with Gasteiger partial charge in [-0.2, -0.15) is 11.8 Å². The highest BCUT2D eigenvalue weighted by Gasteiger charge is 2.32. The summed E-state index contributed by atoms with van der Waals surface area (Å²) in [4.78, 5) is 4.33. The molecule has 0 amide bonds. The minimum Gasteiger partial charge on any atom is -0.381 e. The number of halogens is 2. The first-order valence-electron chi connectivity index (χ1n) is 9.00. The molecule has 0 unspecified atom stereocenters. The van der Waals surface area contributed by atoms with E-state index in [2.05, 4.69) is 22.5 Å². The number of nitrogens with one attached hydrogen (secondary N) is 2. The number of ether oxygens (including phenoxy) is 1. The third-order valence-electron chi connectivity index (χ3n) is 4.65. The van der Waals surface area contributed by atoms with Crippen molar-refractivity contribution >= 4 is 41.7 Å². The van der Waals surface area contributed by atoms with Crippen molar-refractivity contribution in [2.45, 2.75) is 37.9 Å². The Hall–Kier alpha value is -0.540. The summed E-state index contributed by atoms with van der Waals surface area (Å²) in [5.41, 5.74) is 2.15. The van der Waals surface area contributed by atoms with Gasteiger partial charge in [-0.15, -0.1) is 24.0 Å². The number of hydrogen-bond donors (Lipinski definition) is 2. The van der Waals surface area contributed by atoms with Crippen molar-refractivity contribution in [3.05, 3.63) is 35.1 Å². The van der Waals surface area contributed by atoms with E-state index in [-0.39, 0.29) is 34.5 Å². The molecule has 0 aliphatic carbocycles. The van der Waals surface area contributed by atoms with E-state index in [1.54, 1.807) is 13.1 Å². The third-order valence-corrected chi connectivity index (χ3v) is 6.10. The van der Waals surface area contributed by atoms with Crippen molar-refractivity contribution in [3.63, 3.8) is 0 Å². The molecule has 0 saturated carbocycles. The number of nitrogens with zero attached hydrogens (tertiary/aromatic N) is 1. The number of guanidine groups is 1. The first kappa shape index (κ1) is 23.5. The van der Waals surface area contributed by atoms with Gasteiger partial charge in [0.05, 0.1) is 0 Å². The van der Waals surface area contributed by atoms with Crippen LogP contribution in [0.5, 0.6) is 0 Å². The maximum absolute atomic E-state index is 13.2. The van der Waals surface area contributed by atoms with Gasteiger partial charge in [0.2, 0.25) is 0 Å². The fraction of sp³-hybridized carbons (Fsp3) is 0.632. The van der Waals surface area contributed by atoms with E-state index in [9.17, 15) is 4.39 Å². The van der Waals surface area contributed by atoms with E-state index in [0.29, 0.717) is 0 Å². The van der Waals surface area contributed by atoms with Gasteiger partial charge in [-0.1, -0.05) is 13.0 Å². The molecule has 0 atom stereocenters. The maximum Gasteiger partial charge on any atom is 0.191 e. The Bertz CT molecular complexity index is 574. The lowest BCUT2D eigenvalue weighted by atomic mass is 9.99. The zero-order valence-corrected chi connectivity index (χ0v) is 19.1. The van der Waals surface area contributed by atoms with Crippen LogP contribution in [0.25, 0.3) is 0 Å². The summed E-state index contributed by atoms with van der Waals surface area (Å²) in [5.74, 6) is 1.75. The quantitative estimate of drug-likeness (QED) is 0.344. The van der Waals surface area contributed by atoms with Crippen LogP contribution in [0, 0.1) is 12.7 Å². The van der Waals surface area contributed by atoms with Gasteiger partial charge in [0.15, 0.2) is 5.96 Å². The second kappa shape index (κ2) is 12.0. The Morgan fingerprint density at radius 3 is 2.65 bits per heavy atom. The average molecular weight is 495 g/mol. The van der Waals surface area contributed by atoms with E-state index in [4.69, 9.17) is 4.74 Å². The van der Waals surface area contributed by atoms with Crippen molar-refractivity contribution in [2.75, 3.05) is 39.1 Å². The molecule has 1 aromatic carbocycles. The normalized spacial score (nSPS) is 16.7. The molecule has 0 aromatic heterocycles. The van der Waals surface area contributed by atoms with Crippen LogP contribution in [0.3, 0.4) is 0 Å². The van der Waals surface area contributed by atoms with E-state index in [1.807, 2.05) is 24.8 Å². The number of aryl methyl sites for hydroxylation is 1. The molecular formula is C19H31FIN3OS. The fourth-order valence-corrected chi connectivity index (χ4v) is 4.38. The average Bonchev–Trinajstić information content (AvgIpc) is 2.61. The Morgan fingerprint density at radius 2 is 2.04 bits per heavy atom. The van der Waals surface area contributed by atoms with Gasteiger partial charge in [-0.3, -0.25) is 4.99 Å². The maximum atomic E-state index is 13.2. The van der Waals surface area contributed by atoms with Crippen molar-refractivity contribution in [1.82, 2.24) is 10.6 Å². The Balaban J connectivity index is 0.00000338. The highest BCUT2D eigenvalue weighted by Crippen LogP contribution is 2.34. The number of thioether (sulfide) groups is 1. The van der Waals surface area contributed by atoms with Gasteiger partial charge in [0.25, 0.3) is 0 Å². The topological polar surface area (TPSA) is 45.7 Å². The SMILES string of the molecule is CCSC1(CNC(=NC)NCCc2ccc(F)cc2C)CCOCC1.I. The minimum atomic E-state index is -0.179. The van der Waals surface area contributed by atoms with Crippen molar-refractivity contribution in [3.8, 4) is 0 Å². The number of benzene rings is 1. The molecule has 0 bridgehead atoms. The molecule has 2 N–H and O–H groups in total. The monoisotopic (exact) mass is 495 g/mol. The van der Waals surface area contributed by atoms with Crippen molar-refractivity contribution in [2.24, 2.45) is 4.99 Å². The molecule has 1 aliphatic rings. The van der Waals surface area contributed by atoms with Crippen LogP contribution in [0.15, 0.2) is 23.2 Å². The molecule has 2 rings (SSSR count). The molecule has 1 aliphatic heterocycles. The molecule has 0 spiro atoms. The van der Waals surface area contributed by atoms with Crippen LogP contribution >= 0.6 is 35.7 Å². The van der Waals surface area contributed by atoms with Crippen molar-refractivity contribution < 1.29 is 9.13 Å². The first-order chi connectivity index (χ1) is 12.1. The second-order valence-corrected chi connectivity index (χ2v) is 8.13. The van der Waals surface area contributed by atoms with Crippen molar-refractivity contribution in [1.29, 1.82) is 0 Å². The Morgan fingerprint density at radius 1 is 1.31 bits per heavy atom. The summed E-state index contributed by atoms with van der Waals surface area (Å²) >= 11 is 2.02. The summed E-state index contributed by atoms with van der Waals surface area (Å²) in [6, 6.07) is 4.96. The summed E-state index contributed by atoms with van der Waals surface area (Å²) in [6.45, 7) is 7.49. The van der Waals surface area contributed by atoms with E-state index >= 15 is 0 Å². The molecule has 1 fully saturated rings. The van der Waals surface area contributed by atoms with Crippen LogP contribution in [-0.4, -0.2) is 49.8 Å². The lowest BCUT2D eigenvalue weighted by Gasteiger charge is -2.37. The van der Waals surface area contributed by atoms with Gasteiger partial charge in [0.1, 0.15) is 5.82 Å². The molecule has 4 nitrogen and oxygen atoms in total. The minimum absolute atomic E-state index is 0.